The Hall–Kier alpha value is -0.640. The quantitative estimate of drug-likeness (QED) is 0.805. The first kappa shape index (κ1) is 13.8. The molecular weight excluding hydrogens is 306 g/mol. The summed E-state index contributed by atoms with van der Waals surface area (Å²) < 4.78 is 1.15. The summed E-state index contributed by atoms with van der Waals surface area (Å²) in [4.78, 5) is 0. The predicted molar refractivity (Wildman–Crippen MR) is 83.2 cm³/mol. The van der Waals surface area contributed by atoms with Crippen LogP contribution in [0, 0.1) is 0 Å². The molecule has 1 nitrogen and oxygen atoms in total. The average Bonchev–Trinajstić information content (AvgIpc) is 2.87. The van der Waals surface area contributed by atoms with Crippen LogP contribution in [0.15, 0.2) is 45.6 Å². The standard InChI is InChI=1S/C15H18BrNS/c1-2-7-17-15(9-12-6-8-18-11-12)13-4-3-5-14(16)10-13/h3-6,8,10-11,15,17H,2,7,9H2,1H3. The van der Waals surface area contributed by atoms with Gasteiger partial charge in [-0.2, -0.15) is 11.3 Å². The first-order chi connectivity index (χ1) is 8.79. The van der Waals surface area contributed by atoms with Gasteiger partial charge in [-0.25, -0.2) is 0 Å². The highest BCUT2D eigenvalue weighted by atomic mass is 79.9. The maximum Gasteiger partial charge on any atom is 0.0361 e. The van der Waals surface area contributed by atoms with Crippen molar-refractivity contribution in [2.45, 2.75) is 25.8 Å². The molecule has 1 N–H and O–H groups in total. The van der Waals surface area contributed by atoms with E-state index in [2.05, 4.69) is 69.3 Å². The van der Waals surface area contributed by atoms with Crippen LogP contribution < -0.4 is 5.32 Å². The summed E-state index contributed by atoms with van der Waals surface area (Å²) in [5, 5.41) is 8.02. The number of hydrogen-bond donors (Lipinski definition) is 1. The normalized spacial score (nSPS) is 12.6. The van der Waals surface area contributed by atoms with Crippen LogP contribution in [-0.2, 0) is 6.42 Å². The maximum atomic E-state index is 3.64. The average molecular weight is 324 g/mol. The zero-order valence-electron chi connectivity index (χ0n) is 10.5. The maximum absolute atomic E-state index is 3.64. The highest BCUT2D eigenvalue weighted by Crippen LogP contribution is 2.22. The summed E-state index contributed by atoms with van der Waals surface area (Å²) in [5.41, 5.74) is 2.76. The Morgan fingerprint density at radius 1 is 1.33 bits per heavy atom. The van der Waals surface area contributed by atoms with Gasteiger partial charge in [0.2, 0.25) is 0 Å². The number of hydrogen-bond acceptors (Lipinski definition) is 2. The molecule has 0 amide bonds. The van der Waals surface area contributed by atoms with Crippen LogP contribution in [0.2, 0.25) is 0 Å². The molecule has 1 aromatic heterocycles. The molecule has 0 aliphatic carbocycles. The minimum Gasteiger partial charge on any atom is -0.310 e. The molecule has 0 aliphatic rings. The van der Waals surface area contributed by atoms with Crippen molar-refractivity contribution < 1.29 is 0 Å². The fourth-order valence-electron chi connectivity index (χ4n) is 1.99. The third-order valence-electron chi connectivity index (χ3n) is 2.91. The van der Waals surface area contributed by atoms with Gasteiger partial charge in [0.1, 0.15) is 0 Å². The van der Waals surface area contributed by atoms with Crippen LogP contribution in [0.3, 0.4) is 0 Å². The molecule has 0 spiro atoms. The molecule has 0 radical (unpaired) electrons. The van der Waals surface area contributed by atoms with Crippen molar-refractivity contribution in [3.05, 3.63) is 56.7 Å². The van der Waals surface area contributed by atoms with Gasteiger partial charge in [-0.3, -0.25) is 0 Å². The molecule has 2 aromatic rings. The van der Waals surface area contributed by atoms with E-state index in [0.29, 0.717) is 6.04 Å². The van der Waals surface area contributed by atoms with E-state index in [0.717, 1.165) is 23.9 Å². The van der Waals surface area contributed by atoms with Crippen LogP contribution in [0.5, 0.6) is 0 Å². The van der Waals surface area contributed by atoms with Gasteiger partial charge in [0.05, 0.1) is 0 Å². The predicted octanol–water partition coefficient (Wildman–Crippen LogP) is 4.79. The number of halogens is 1. The molecule has 0 saturated carbocycles. The van der Waals surface area contributed by atoms with Gasteiger partial charge >= 0.3 is 0 Å². The van der Waals surface area contributed by atoms with E-state index in [-0.39, 0.29) is 0 Å². The highest BCUT2D eigenvalue weighted by molar-refractivity contribution is 9.10. The van der Waals surface area contributed by atoms with Crippen molar-refractivity contribution in [1.29, 1.82) is 0 Å². The first-order valence-electron chi connectivity index (χ1n) is 6.29. The third-order valence-corrected chi connectivity index (χ3v) is 4.14. The van der Waals surface area contributed by atoms with Crippen LogP contribution in [0.1, 0.15) is 30.5 Å². The van der Waals surface area contributed by atoms with E-state index in [1.807, 2.05) is 0 Å². The number of thiophene rings is 1. The Balaban J connectivity index is 2.13. The summed E-state index contributed by atoms with van der Waals surface area (Å²) in [7, 11) is 0. The molecule has 1 atom stereocenters. The molecule has 1 aromatic carbocycles. The second-order valence-electron chi connectivity index (χ2n) is 4.40. The van der Waals surface area contributed by atoms with E-state index in [9.17, 15) is 0 Å². The lowest BCUT2D eigenvalue weighted by Crippen LogP contribution is -2.23. The van der Waals surface area contributed by atoms with Crippen molar-refractivity contribution in [3.63, 3.8) is 0 Å². The van der Waals surface area contributed by atoms with Gasteiger partial charge in [0, 0.05) is 10.5 Å². The van der Waals surface area contributed by atoms with Gasteiger partial charge in [0.25, 0.3) is 0 Å². The molecule has 0 bridgehead atoms. The smallest absolute Gasteiger partial charge is 0.0361 e. The Kier molecular flexibility index (Phi) is 5.42. The molecule has 18 heavy (non-hydrogen) atoms. The van der Waals surface area contributed by atoms with Crippen LogP contribution in [-0.4, -0.2) is 6.54 Å². The van der Waals surface area contributed by atoms with E-state index in [1.54, 1.807) is 11.3 Å². The molecule has 1 heterocycles. The lowest BCUT2D eigenvalue weighted by Gasteiger charge is -2.19. The van der Waals surface area contributed by atoms with E-state index >= 15 is 0 Å². The topological polar surface area (TPSA) is 12.0 Å². The Morgan fingerprint density at radius 2 is 2.22 bits per heavy atom. The fraction of sp³-hybridized carbons (Fsp3) is 0.333. The van der Waals surface area contributed by atoms with Gasteiger partial charge in [-0.05, 0) is 59.5 Å². The van der Waals surface area contributed by atoms with Crippen LogP contribution in [0.4, 0.5) is 0 Å². The van der Waals surface area contributed by atoms with Crippen LogP contribution >= 0.6 is 27.3 Å². The number of rotatable bonds is 6. The van der Waals surface area contributed by atoms with Gasteiger partial charge in [-0.15, -0.1) is 0 Å². The minimum atomic E-state index is 0.400. The van der Waals surface area contributed by atoms with Crippen molar-refractivity contribution in [3.8, 4) is 0 Å². The lowest BCUT2D eigenvalue weighted by molar-refractivity contribution is 0.529. The van der Waals surface area contributed by atoms with Crippen molar-refractivity contribution >= 4 is 27.3 Å². The molecule has 0 saturated heterocycles. The SMILES string of the molecule is CCCNC(Cc1ccsc1)c1cccc(Br)c1. The molecule has 2 rings (SSSR count). The zero-order valence-corrected chi connectivity index (χ0v) is 12.9. The largest absolute Gasteiger partial charge is 0.310 e. The minimum absolute atomic E-state index is 0.400. The van der Waals surface area contributed by atoms with Gasteiger partial charge in [-0.1, -0.05) is 35.0 Å². The molecule has 0 aliphatic heterocycles. The molecule has 1 unspecified atom stereocenters. The van der Waals surface area contributed by atoms with Gasteiger partial charge < -0.3 is 5.32 Å². The van der Waals surface area contributed by atoms with E-state index < -0.39 is 0 Å². The van der Waals surface area contributed by atoms with E-state index in [1.165, 1.54) is 11.1 Å². The van der Waals surface area contributed by atoms with Crippen molar-refractivity contribution in [2.75, 3.05) is 6.54 Å². The Bertz CT molecular complexity index is 467. The Labute approximate surface area is 121 Å². The summed E-state index contributed by atoms with van der Waals surface area (Å²) in [6.45, 7) is 3.26. The Morgan fingerprint density at radius 3 is 2.89 bits per heavy atom. The summed E-state index contributed by atoms with van der Waals surface area (Å²) in [5.74, 6) is 0. The second-order valence-corrected chi connectivity index (χ2v) is 6.09. The second kappa shape index (κ2) is 7.07. The summed E-state index contributed by atoms with van der Waals surface area (Å²) in [6, 6.07) is 11.2. The zero-order chi connectivity index (χ0) is 12.8. The third kappa shape index (κ3) is 3.94. The number of nitrogens with one attached hydrogen (secondary N) is 1. The molecule has 0 fully saturated rings. The molecular formula is C15H18BrNS. The highest BCUT2D eigenvalue weighted by Gasteiger charge is 2.11. The monoisotopic (exact) mass is 323 g/mol. The number of benzene rings is 1. The lowest BCUT2D eigenvalue weighted by atomic mass is 10.0. The summed E-state index contributed by atoms with van der Waals surface area (Å²) >= 11 is 5.32. The van der Waals surface area contributed by atoms with Crippen molar-refractivity contribution in [2.24, 2.45) is 0 Å². The summed E-state index contributed by atoms with van der Waals surface area (Å²) in [6.07, 6.45) is 2.22. The first-order valence-corrected chi connectivity index (χ1v) is 8.03. The molecule has 96 valence electrons. The van der Waals surface area contributed by atoms with Crippen LogP contribution in [0.25, 0.3) is 0 Å². The van der Waals surface area contributed by atoms with Crippen molar-refractivity contribution in [1.82, 2.24) is 5.32 Å². The molecule has 3 heteroatoms. The van der Waals surface area contributed by atoms with Gasteiger partial charge in [0.15, 0.2) is 0 Å². The van der Waals surface area contributed by atoms with E-state index in [4.69, 9.17) is 0 Å². The fourth-order valence-corrected chi connectivity index (χ4v) is 3.09.